The van der Waals surface area contributed by atoms with Crippen molar-refractivity contribution in [3.05, 3.63) is 64.6 Å². The molecule has 3 aromatic rings. The van der Waals surface area contributed by atoms with E-state index in [9.17, 15) is 4.79 Å². The highest BCUT2D eigenvalue weighted by atomic mass is 32.1. The van der Waals surface area contributed by atoms with Crippen LogP contribution in [0, 0.1) is 0 Å². The third-order valence-electron chi connectivity index (χ3n) is 3.21. The van der Waals surface area contributed by atoms with Gasteiger partial charge in [-0.3, -0.25) is 9.78 Å². The number of thiophene rings is 1. The molecule has 110 valence electrons. The monoisotopic (exact) mass is 309 g/mol. The van der Waals surface area contributed by atoms with E-state index in [0.717, 1.165) is 15.9 Å². The number of rotatable bonds is 4. The minimum atomic E-state index is -0.0524. The number of benzene rings is 1. The van der Waals surface area contributed by atoms with Crippen molar-refractivity contribution >= 4 is 34.4 Å². The molecule has 1 amide bonds. The average molecular weight is 309 g/mol. The number of hydrogen-bond acceptors (Lipinski definition) is 4. The maximum Gasteiger partial charge on any atom is 0.246 e. The molecule has 5 heteroatoms. The van der Waals surface area contributed by atoms with Crippen LogP contribution < -0.4 is 0 Å². The zero-order valence-electron chi connectivity index (χ0n) is 12.1. The van der Waals surface area contributed by atoms with Crippen LogP contribution in [0.3, 0.4) is 0 Å². The van der Waals surface area contributed by atoms with Gasteiger partial charge in [-0.1, -0.05) is 18.2 Å². The molecule has 0 aliphatic rings. The maximum absolute atomic E-state index is 12.1. The number of aromatic nitrogens is 2. The predicted octanol–water partition coefficient (Wildman–Crippen LogP) is 3.36. The Bertz CT molecular complexity index is 812. The number of nitrogens with zero attached hydrogens (tertiary/aromatic N) is 3. The summed E-state index contributed by atoms with van der Waals surface area (Å²) in [5, 5.41) is 2.01. The van der Waals surface area contributed by atoms with Crippen molar-refractivity contribution in [3.8, 4) is 0 Å². The van der Waals surface area contributed by atoms with Crippen molar-refractivity contribution in [1.29, 1.82) is 0 Å². The van der Waals surface area contributed by atoms with Gasteiger partial charge >= 0.3 is 0 Å². The van der Waals surface area contributed by atoms with Crippen LogP contribution in [-0.2, 0) is 11.3 Å². The molecule has 0 aliphatic carbocycles. The Kier molecular flexibility index (Phi) is 4.25. The van der Waals surface area contributed by atoms with Gasteiger partial charge < -0.3 is 4.90 Å². The van der Waals surface area contributed by atoms with Gasteiger partial charge in [0, 0.05) is 18.0 Å². The first kappa shape index (κ1) is 14.4. The lowest BCUT2D eigenvalue weighted by Gasteiger charge is -2.13. The van der Waals surface area contributed by atoms with E-state index in [1.165, 1.54) is 6.08 Å². The topological polar surface area (TPSA) is 46.1 Å². The van der Waals surface area contributed by atoms with Gasteiger partial charge in [0.1, 0.15) is 0 Å². The number of carbonyl (C=O) groups is 1. The third-order valence-corrected chi connectivity index (χ3v) is 4.07. The molecular formula is C17H15N3OS. The summed E-state index contributed by atoms with van der Waals surface area (Å²) in [6.07, 6.45) is 4.91. The Morgan fingerprint density at radius 3 is 2.82 bits per heavy atom. The summed E-state index contributed by atoms with van der Waals surface area (Å²) >= 11 is 1.64. The van der Waals surface area contributed by atoms with E-state index >= 15 is 0 Å². The lowest BCUT2D eigenvalue weighted by atomic mass is 10.3. The van der Waals surface area contributed by atoms with Crippen LogP contribution in [0.5, 0.6) is 0 Å². The molecule has 2 aromatic heterocycles. The molecule has 0 radical (unpaired) electrons. The van der Waals surface area contributed by atoms with Crippen LogP contribution in [-0.4, -0.2) is 27.8 Å². The van der Waals surface area contributed by atoms with E-state index < -0.39 is 0 Å². The second kappa shape index (κ2) is 6.49. The first-order valence-corrected chi connectivity index (χ1v) is 7.78. The van der Waals surface area contributed by atoms with Crippen LogP contribution in [0.15, 0.2) is 54.1 Å². The second-order valence-corrected chi connectivity index (χ2v) is 5.92. The summed E-state index contributed by atoms with van der Waals surface area (Å²) in [6, 6.07) is 11.7. The van der Waals surface area contributed by atoms with Crippen LogP contribution >= 0.6 is 11.3 Å². The summed E-state index contributed by atoms with van der Waals surface area (Å²) < 4.78 is 0. The van der Waals surface area contributed by atoms with E-state index in [1.807, 2.05) is 41.8 Å². The summed E-state index contributed by atoms with van der Waals surface area (Å²) in [7, 11) is 1.79. The average Bonchev–Trinajstić information content (AvgIpc) is 3.05. The molecule has 0 N–H and O–H groups in total. The van der Waals surface area contributed by atoms with Crippen molar-refractivity contribution in [2.45, 2.75) is 6.54 Å². The Hall–Kier alpha value is -2.53. The van der Waals surface area contributed by atoms with E-state index in [0.29, 0.717) is 12.2 Å². The van der Waals surface area contributed by atoms with Gasteiger partial charge in [0.05, 0.1) is 29.5 Å². The minimum Gasteiger partial charge on any atom is -0.337 e. The zero-order chi connectivity index (χ0) is 15.4. The Labute approximate surface area is 132 Å². The third kappa shape index (κ3) is 3.38. The molecular weight excluding hydrogens is 294 g/mol. The zero-order valence-corrected chi connectivity index (χ0v) is 13.0. The molecule has 0 fully saturated rings. The van der Waals surface area contributed by atoms with Crippen LogP contribution in [0.4, 0.5) is 0 Å². The van der Waals surface area contributed by atoms with Crippen molar-refractivity contribution < 1.29 is 4.79 Å². The van der Waals surface area contributed by atoms with Crippen LogP contribution in [0.1, 0.15) is 10.6 Å². The fourth-order valence-corrected chi connectivity index (χ4v) is 2.81. The molecule has 3 rings (SSSR count). The molecule has 22 heavy (non-hydrogen) atoms. The van der Waals surface area contributed by atoms with Crippen molar-refractivity contribution in [2.24, 2.45) is 0 Å². The molecule has 4 nitrogen and oxygen atoms in total. The normalized spacial score (nSPS) is 11.1. The Morgan fingerprint density at radius 1 is 1.23 bits per heavy atom. The first-order valence-electron chi connectivity index (χ1n) is 6.90. The molecule has 0 bridgehead atoms. The van der Waals surface area contributed by atoms with Crippen LogP contribution in [0.25, 0.3) is 17.1 Å². The van der Waals surface area contributed by atoms with Gasteiger partial charge in [0.25, 0.3) is 0 Å². The van der Waals surface area contributed by atoms with E-state index in [4.69, 9.17) is 0 Å². The minimum absolute atomic E-state index is 0.0524. The number of hydrogen-bond donors (Lipinski definition) is 0. The number of fused-ring (bicyclic) bond motifs is 1. The first-order chi connectivity index (χ1) is 10.7. The van der Waals surface area contributed by atoms with Gasteiger partial charge in [-0.15, -0.1) is 11.3 Å². The molecule has 0 spiro atoms. The quantitative estimate of drug-likeness (QED) is 0.694. The smallest absolute Gasteiger partial charge is 0.246 e. The highest BCUT2D eigenvalue weighted by Crippen LogP contribution is 2.12. The number of likely N-dealkylation sites (N-methyl/N-ethyl adjacent to an activating group) is 1. The summed E-state index contributed by atoms with van der Waals surface area (Å²) in [6.45, 7) is 0.615. The van der Waals surface area contributed by atoms with E-state index in [-0.39, 0.29) is 5.91 Å². The molecule has 0 unspecified atom stereocenters. The van der Waals surface area contributed by atoms with Gasteiger partial charge in [-0.2, -0.15) is 0 Å². The van der Waals surface area contributed by atoms with Crippen LogP contribution in [0.2, 0.25) is 0 Å². The SMILES string of the molecule is CN(Cc1cccs1)C(=O)C=Cc1cnc2ccccc2n1. The standard InChI is InChI=1S/C17H15N3OS/c1-20(12-14-5-4-10-22-14)17(21)9-8-13-11-18-15-6-2-3-7-16(15)19-13/h2-11H,12H2,1H3. The summed E-state index contributed by atoms with van der Waals surface area (Å²) in [4.78, 5) is 23.7. The van der Waals surface area contributed by atoms with Crippen molar-refractivity contribution in [2.75, 3.05) is 7.05 Å². The molecule has 0 saturated heterocycles. The molecule has 0 saturated carbocycles. The van der Waals surface area contributed by atoms with E-state index in [1.54, 1.807) is 35.6 Å². The Morgan fingerprint density at radius 2 is 2.05 bits per heavy atom. The largest absolute Gasteiger partial charge is 0.337 e. The fraction of sp³-hybridized carbons (Fsp3) is 0.118. The van der Waals surface area contributed by atoms with Gasteiger partial charge in [0.2, 0.25) is 5.91 Å². The lowest BCUT2D eigenvalue weighted by molar-refractivity contribution is -0.125. The highest BCUT2D eigenvalue weighted by molar-refractivity contribution is 7.09. The number of amides is 1. The Balaban J connectivity index is 1.70. The number of carbonyl (C=O) groups excluding carboxylic acids is 1. The molecule has 2 heterocycles. The highest BCUT2D eigenvalue weighted by Gasteiger charge is 2.06. The van der Waals surface area contributed by atoms with E-state index in [2.05, 4.69) is 9.97 Å². The maximum atomic E-state index is 12.1. The number of para-hydroxylation sites is 2. The molecule has 0 aliphatic heterocycles. The fourth-order valence-electron chi connectivity index (χ4n) is 2.05. The lowest BCUT2D eigenvalue weighted by Crippen LogP contribution is -2.23. The van der Waals surface area contributed by atoms with Gasteiger partial charge in [-0.25, -0.2) is 4.98 Å². The van der Waals surface area contributed by atoms with Gasteiger partial charge in [0.15, 0.2) is 0 Å². The second-order valence-electron chi connectivity index (χ2n) is 4.89. The predicted molar refractivity (Wildman–Crippen MR) is 89.4 cm³/mol. The molecule has 1 aromatic carbocycles. The summed E-state index contributed by atoms with van der Waals surface area (Å²) in [5.74, 6) is -0.0524. The van der Waals surface area contributed by atoms with Gasteiger partial charge in [-0.05, 0) is 29.7 Å². The molecule has 0 atom stereocenters. The summed E-state index contributed by atoms with van der Waals surface area (Å²) in [5.41, 5.74) is 2.35. The van der Waals surface area contributed by atoms with Crippen molar-refractivity contribution in [1.82, 2.24) is 14.9 Å². The van der Waals surface area contributed by atoms with Crippen molar-refractivity contribution in [3.63, 3.8) is 0 Å².